The first-order chi connectivity index (χ1) is 7.63. The highest BCUT2D eigenvalue weighted by Gasteiger charge is 2.08. The summed E-state index contributed by atoms with van der Waals surface area (Å²) in [5.41, 5.74) is 1.94. The van der Waals surface area contributed by atoms with Gasteiger partial charge in [0.25, 0.3) is 0 Å². The van der Waals surface area contributed by atoms with Crippen molar-refractivity contribution in [2.24, 2.45) is 0 Å². The minimum Gasteiger partial charge on any atom is -0.383 e. The van der Waals surface area contributed by atoms with Crippen LogP contribution >= 0.6 is 0 Å². The number of likely N-dealkylation sites (N-methyl/N-ethyl adjacent to an activating group) is 1. The average molecular weight is 221 g/mol. The Balaban J connectivity index is 2.48. The fourth-order valence-corrected chi connectivity index (χ4v) is 1.40. The number of Topliss-reactive ketones (excluding diaryl/α,β-unsaturated/α-hetero) is 1. The molecule has 0 aliphatic rings. The number of hydrogen-bond acceptors (Lipinski definition) is 3. The summed E-state index contributed by atoms with van der Waals surface area (Å²) in [5.74, 6) is 0.151. The van der Waals surface area contributed by atoms with Crippen molar-refractivity contribution in [1.82, 2.24) is 4.90 Å². The smallest absolute Gasteiger partial charge is 0.176 e. The molecule has 0 saturated heterocycles. The quantitative estimate of drug-likeness (QED) is 0.685. The van der Waals surface area contributed by atoms with Crippen molar-refractivity contribution in [3.63, 3.8) is 0 Å². The van der Waals surface area contributed by atoms with E-state index < -0.39 is 0 Å². The number of benzene rings is 1. The van der Waals surface area contributed by atoms with Crippen molar-refractivity contribution in [2.75, 3.05) is 33.9 Å². The zero-order chi connectivity index (χ0) is 12.0. The third kappa shape index (κ3) is 4.13. The van der Waals surface area contributed by atoms with E-state index >= 15 is 0 Å². The summed E-state index contributed by atoms with van der Waals surface area (Å²) in [6.45, 7) is 3.87. The first-order valence-corrected chi connectivity index (χ1v) is 5.41. The van der Waals surface area contributed by atoms with Crippen molar-refractivity contribution in [3.05, 3.63) is 35.4 Å². The van der Waals surface area contributed by atoms with Crippen LogP contribution in [0.4, 0.5) is 0 Å². The zero-order valence-electron chi connectivity index (χ0n) is 10.2. The molecule has 0 unspecified atom stereocenters. The van der Waals surface area contributed by atoms with Crippen LogP contribution in [0, 0.1) is 6.92 Å². The summed E-state index contributed by atoms with van der Waals surface area (Å²) in [6.07, 6.45) is 0. The van der Waals surface area contributed by atoms with Crippen molar-refractivity contribution in [3.8, 4) is 0 Å². The van der Waals surface area contributed by atoms with E-state index in [9.17, 15) is 4.79 Å². The molecule has 0 bridgehead atoms. The lowest BCUT2D eigenvalue weighted by Crippen LogP contribution is -2.29. The summed E-state index contributed by atoms with van der Waals surface area (Å²) >= 11 is 0. The molecule has 0 aromatic heterocycles. The van der Waals surface area contributed by atoms with E-state index in [1.807, 2.05) is 43.1 Å². The monoisotopic (exact) mass is 221 g/mol. The molecule has 0 saturated carbocycles. The van der Waals surface area contributed by atoms with Crippen LogP contribution in [-0.2, 0) is 4.74 Å². The highest BCUT2D eigenvalue weighted by molar-refractivity contribution is 5.97. The summed E-state index contributed by atoms with van der Waals surface area (Å²) in [6, 6.07) is 7.68. The maximum atomic E-state index is 11.8. The normalized spacial score (nSPS) is 10.8. The predicted octanol–water partition coefficient (Wildman–Crippen LogP) is 1.76. The number of ether oxygens (including phenoxy) is 1. The molecule has 1 rings (SSSR count). The minimum absolute atomic E-state index is 0.151. The Bertz CT molecular complexity index is 332. The molecule has 0 amide bonds. The molecule has 0 N–H and O–H groups in total. The van der Waals surface area contributed by atoms with E-state index in [0.29, 0.717) is 13.2 Å². The van der Waals surface area contributed by atoms with Crippen LogP contribution < -0.4 is 0 Å². The highest BCUT2D eigenvalue weighted by atomic mass is 16.5. The molecular weight excluding hydrogens is 202 g/mol. The minimum atomic E-state index is 0.151. The van der Waals surface area contributed by atoms with Crippen LogP contribution in [0.2, 0.25) is 0 Å². The fourth-order valence-electron chi connectivity index (χ4n) is 1.40. The van der Waals surface area contributed by atoms with Crippen LogP contribution in [0.1, 0.15) is 15.9 Å². The third-order valence-electron chi connectivity index (χ3n) is 2.46. The van der Waals surface area contributed by atoms with Gasteiger partial charge in [0, 0.05) is 19.2 Å². The van der Waals surface area contributed by atoms with Gasteiger partial charge >= 0.3 is 0 Å². The molecule has 0 radical (unpaired) electrons. The lowest BCUT2D eigenvalue weighted by Gasteiger charge is -2.14. The van der Waals surface area contributed by atoms with E-state index in [0.717, 1.165) is 12.1 Å². The predicted molar refractivity (Wildman–Crippen MR) is 64.9 cm³/mol. The first kappa shape index (κ1) is 12.9. The van der Waals surface area contributed by atoms with Crippen LogP contribution in [-0.4, -0.2) is 44.5 Å². The van der Waals surface area contributed by atoms with Gasteiger partial charge in [-0.25, -0.2) is 0 Å². The lowest BCUT2D eigenvalue weighted by atomic mass is 10.1. The van der Waals surface area contributed by atoms with E-state index in [4.69, 9.17) is 4.74 Å². The molecule has 0 atom stereocenters. The van der Waals surface area contributed by atoms with Crippen LogP contribution in [0.15, 0.2) is 24.3 Å². The van der Waals surface area contributed by atoms with Gasteiger partial charge in [-0.1, -0.05) is 29.8 Å². The van der Waals surface area contributed by atoms with Gasteiger partial charge in [-0.15, -0.1) is 0 Å². The van der Waals surface area contributed by atoms with Crippen LogP contribution in [0.5, 0.6) is 0 Å². The molecule has 3 nitrogen and oxygen atoms in total. The molecule has 0 aliphatic carbocycles. The fraction of sp³-hybridized carbons (Fsp3) is 0.462. The Morgan fingerprint density at radius 1 is 1.31 bits per heavy atom. The number of carbonyl (C=O) groups is 1. The van der Waals surface area contributed by atoms with E-state index in [2.05, 4.69) is 0 Å². The van der Waals surface area contributed by atoms with E-state index in [-0.39, 0.29) is 5.78 Å². The molecule has 0 heterocycles. The van der Waals surface area contributed by atoms with Crippen LogP contribution in [0.25, 0.3) is 0 Å². The Labute approximate surface area is 97.0 Å². The molecule has 0 spiro atoms. The van der Waals surface area contributed by atoms with Gasteiger partial charge < -0.3 is 4.74 Å². The number of rotatable bonds is 6. The number of ketones is 1. The van der Waals surface area contributed by atoms with Crippen molar-refractivity contribution in [1.29, 1.82) is 0 Å². The number of nitrogens with zero attached hydrogens (tertiary/aromatic N) is 1. The Morgan fingerprint density at radius 2 is 1.94 bits per heavy atom. The SMILES string of the molecule is COCCN(C)CC(=O)c1ccc(C)cc1. The molecule has 0 aliphatic heterocycles. The average Bonchev–Trinajstić information content (AvgIpc) is 2.27. The maximum Gasteiger partial charge on any atom is 0.176 e. The largest absolute Gasteiger partial charge is 0.383 e. The van der Waals surface area contributed by atoms with Gasteiger partial charge in [-0.2, -0.15) is 0 Å². The van der Waals surface area contributed by atoms with Crippen molar-refractivity contribution < 1.29 is 9.53 Å². The van der Waals surface area contributed by atoms with Crippen molar-refractivity contribution >= 4 is 5.78 Å². The molecular formula is C13H19NO2. The summed E-state index contributed by atoms with van der Waals surface area (Å²) in [7, 11) is 3.58. The Morgan fingerprint density at radius 3 is 2.50 bits per heavy atom. The summed E-state index contributed by atoms with van der Waals surface area (Å²) in [5, 5.41) is 0. The second-order valence-corrected chi connectivity index (χ2v) is 4.02. The molecule has 1 aromatic rings. The van der Waals surface area contributed by atoms with Gasteiger partial charge in [-0.3, -0.25) is 9.69 Å². The molecule has 16 heavy (non-hydrogen) atoms. The van der Waals surface area contributed by atoms with Gasteiger partial charge in [-0.05, 0) is 14.0 Å². The highest BCUT2D eigenvalue weighted by Crippen LogP contribution is 2.04. The standard InChI is InChI=1S/C13H19NO2/c1-11-4-6-12(7-5-11)13(15)10-14(2)8-9-16-3/h4-7H,8-10H2,1-3H3. The zero-order valence-corrected chi connectivity index (χ0v) is 10.2. The van der Waals surface area contributed by atoms with Crippen LogP contribution in [0.3, 0.4) is 0 Å². The second-order valence-electron chi connectivity index (χ2n) is 4.02. The maximum absolute atomic E-state index is 11.8. The molecule has 0 fully saturated rings. The first-order valence-electron chi connectivity index (χ1n) is 5.41. The number of hydrogen-bond donors (Lipinski definition) is 0. The van der Waals surface area contributed by atoms with E-state index in [1.54, 1.807) is 7.11 Å². The molecule has 3 heteroatoms. The number of carbonyl (C=O) groups excluding carboxylic acids is 1. The summed E-state index contributed by atoms with van der Waals surface area (Å²) < 4.78 is 4.96. The number of aryl methyl sites for hydroxylation is 1. The molecule has 88 valence electrons. The Hall–Kier alpha value is -1.19. The second kappa shape index (κ2) is 6.40. The Kier molecular flexibility index (Phi) is 5.15. The number of methoxy groups -OCH3 is 1. The van der Waals surface area contributed by atoms with Gasteiger partial charge in [0.2, 0.25) is 0 Å². The van der Waals surface area contributed by atoms with Gasteiger partial charge in [0.05, 0.1) is 13.2 Å². The topological polar surface area (TPSA) is 29.5 Å². The third-order valence-corrected chi connectivity index (χ3v) is 2.46. The van der Waals surface area contributed by atoms with Crippen molar-refractivity contribution in [2.45, 2.75) is 6.92 Å². The molecule has 1 aromatic carbocycles. The van der Waals surface area contributed by atoms with Gasteiger partial charge in [0.15, 0.2) is 5.78 Å². The lowest BCUT2D eigenvalue weighted by molar-refractivity contribution is 0.0922. The van der Waals surface area contributed by atoms with E-state index in [1.165, 1.54) is 5.56 Å². The summed E-state index contributed by atoms with van der Waals surface area (Å²) in [4.78, 5) is 13.8. The van der Waals surface area contributed by atoms with Gasteiger partial charge in [0.1, 0.15) is 0 Å².